The monoisotopic (exact) mass is 434 g/mol. The zero-order valence-corrected chi connectivity index (χ0v) is 18.9. The summed E-state index contributed by atoms with van der Waals surface area (Å²) in [5.41, 5.74) is 2.27. The Labute approximate surface area is 191 Å². The molecule has 0 saturated carbocycles. The zero-order chi connectivity index (χ0) is 21.8. The van der Waals surface area contributed by atoms with Gasteiger partial charge in [-0.05, 0) is 49.4 Å². The first-order chi connectivity index (χ1) is 15.7. The van der Waals surface area contributed by atoms with Crippen molar-refractivity contribution in [3.8, 4) is 0 Å². The highest BCUT2D eigenvalue weighted by Crippen LogP contribution is 2.37. The number of amides is 1. The summed E-state index contributed by atoms with van der Waals surface area (Å²) in [6.45, 7) is 6.85. The number of piperidine rings is 1. The fourth-order valence-corrected chi connectivity index (χ4v) is 5.60. The number of anilines is 1. The van der Waals surface area contributed by atoms with Gasteiger partial charge in [-0.3, -0.25) is 14.7 Å². The third kappa shape index (κ3) is 4.81. The molecule has 32 heavy (non-hydrogen) atoms. The van der Waals surface area contributed by atoms with E-state index in [1.807, 2.05) is 17.0 Å². The van der Waals surface area contributed by atoms with Crippen molar-refractivity contribution in [1.29, 1.82) is 0 Å². The molecule has 3 saturated heterocycles. The number of carbonyl (C=O) groups is 1. The van der Waals surface area contributed by atoms with E-state index in [1.165, 1.54) is 5.69 Å². The van der Waals surface area contributed by atoms with Crippen LogP contribution in [0.1, 0.15) is 31.2 Å². The summed E-state index contributed by atoms with van der Waals surface area (Å²) in [6.07, 6.45) is 8.10. The van der Waals surface area contributed by atoms with E-state index >= 15 is 0 Å². The average molecular weight is 435 g/mol. The summed E-state index contributed by atoms with van der Waals surface area (Å²) in [5, 5.41) is 0. The number of ether oxygens (including phenoxy) is 1. The Bertz CT molecular complexity index is 875. The van der Waals surface area contributed by atoms with Gasteiger partial charge >= 0.3 is 0 Å². The minimum absolute atomic E-state index is 0.0510. The molecule has 1 aromatic carbocycles. The van der Waals surface area contributed by atoms with Crippen molar-refractivity contribution >= 4 is 11.6 Å². The Morgan fingerprint density at radius 3 is 2.50 bits per heavy atom. The van der Waals surface area contributed by atoms with Crippen molar-refractivity contribution in [2.24, 2.45) is 0 Å². The second-order valence-electron chi connectivity index (χ2n) is 9.46. The molecule has 0 bridgehead atoms. The summed E-state index contributed by atoms with van der Waals surface area (Å²) in [6, 6.07) is 15.2. The lowest BCUT2D eigenvalue weighted by atomic mass is 9.81. The highest BCUT2D eigenvalue weighted by atomic mass is 16.5. The maximum atomic E-state index is 12.7. The summed E-state index contributed by atoms with van der Waals surface area (Å²) in [5.74, 6) is 0.206. The maximum absolute atomic E-state index is 12.7. The first kappa shape index (κ1) is 21.4. The van der Waals surface area contributed by atoms with Gasteiger partial charge in [0.25, 0.3) is 0 Å². The molecule has 3 fully saturated rings. The van der Waals surface area contributed by atoms with Gasteiger partial charge < -0.3 is 14.5 Å². The van der Waals surface area contributed by atoms with Crippen molar-refractivity contribution in [3.05, 3.63) is 60.4 Å². The number of piperazine rings is 1. The van der Waals surface area contributed by atoms with E-state index in [-0.39, 0.29) is 11.5 Å². The van der Waals surface area contributed by atoms with Crippen LogP contribution in [0.5, 0.6) is 0 Å². The largest absolute Gasteiger partial charge is 0.375 e. The smallest absolute Gasteiger partial charge is 0.227 e. The molecule has 0 radical (unpaired) electrons. The van der Waals surface area contributed by atoms with Crippen LogP contribution in [0.2, 0.25) is 0 Å². The number of nitrogens with zero attached hydrogens (tertiary/aromatic N) is 4. The molecule has 5 rings (SSSR count). The van der Waals surface area contributed by atoms with Gasteiger partial charge in [0.2, 0.25) is 5.91 Å². The highest BCUT2D eigenvalue weighted by molar-refractivity contribution is 5.78. The highest BCUT2D eigenvalue weighted by Gasteiger charge is 2.42. The van der Waals surface area contributed by atoms with E-state index in [1.54, 1.807) is 12.4 Å². The summed E-state index contributed by atoms with van der Waals surface area (Å²) >= 11 is 0. The number of rotatable bonds is 4. The van der Waals surface area contributed by atoms with Gasteiger partial charge in [-0.2, -0.15) is 0 Å². The zero-order valence-electron chi connectivity index (χ0n) is 18.9. The third-order valence-electron chi connectivity index (χ3n) is 7.52. The second-order valence-corrected chi connectivity index (χ2v) is 9.46. The van der Waals surface area contributed by atoms with Crippen molar-refractivity contribution in [1.82, 2.24) is 14.8 Å². The van der Waals surface area contributed by atoms with Crippen molar-refractivity contribution < 1.29 is 9.53 Å². The number of benzene rings is 1. The topological polar surface area (TPSA) is 48.9 Å². The van der Waals surface area contributed by atoms with E-state index in [2.05, 4.69) is 45.1 Å². The van der Waals surface area contributed by atoms with Crippen molar-refractivity contribution in [2.75, 3.05) is 50.8 Å². The van der Waals surface area contributed by atoms with Gasteiger partial charge in [0.1, 0.15) is 0 Å². The third-order valence-corrected chi connectivity index (χ3v) is 7.52. The molecule has 6 nitrogen and oxygen atoms in total. The molecular formula is C26H34N4O2. The molecule has 170 valence electrons. The summed E-state index contributed by atoms with van der Waals surface area (Å²) < 4.78 is 6.38. The first-order valence-electron chi connectivity index (χ1n) is 12.1. The van der Waals surface area contributed by atoms with Gasteiger partial charge in [-0.15, -0.1) is 0 Å². The SMILES string of the molecule is O=C(Cc1cccnc1)N1CCC2(CC1)CC(N1CCN(c3ccccc3)CC1)CCO2. The number of aromatic nitrogens is 1. The van der Waals surface area contributed by atoms with E-state index in [4.69, 9.17) is 4.74 Å². The molecule has 4 heterocycles. The molecule has 0 aliphatic carbocycles. The maximum Gasteiger partial charge on any atom is 0.227 e. The molecule has 1 amide bonds. The van der Waals surface area contributed by atoms with Crippen molar-refractivity contribution in [2.45, 2.75) is 43.7 Å². The fraction of sp³-hybridized carbons (Fsp3) is 0.538. The van der Waals surface area contributed by atoms with E-state index in [0.717, 1.165) is 77.1 Å². The standard InChI is InChI=1S/C26H34N4O2/c31-25(19-22-5-4-11-27-21-22)30-12-9-26(10-13-30)20-24(8-18-32-26)29-16-14-28(15-17-29)23-6-2-1-3-7-23/h1-7,11,21,24H,8-10,12-20H2. The normalized spacial score (nSPS) is 23.9. The molecule has 1 atom stereocenters. The molecule has 3 aliphatic heterocycles. The van der Waals surface area contributed by atoms with E-state index in [0.29, 0.717) is 12.5 Å². The van der Waals surface area contributed by atoms with Gasteiger partial charge in [0, 0.05) is 70.0 Å². The van der Waals surface area contributed by atoms with Crippen LogP contribution in [0.3, 0.4) is 0 Å². The molecule has 1 unspecified atom stereocenters. The molecule has 6 heteroatoms. The Morgan fingerprint density at radius 1 is 1.00 bits per heavy atom. The Morgan fingerprint density at radius 2 is 1.78 bits per heavy atom. The van der Waals surface area contributed by atoms with Crippen LogP contribution in [-0.2, 0) is 16.0 Å². The average Bonchev–Trinajstić information content (AvgIpc) is 2.86. The lowest BCUT2D eigenvalue weighted by Gasteiger charge is -2.50. The van der Waals surface area contributed by atoms with Crippen LogP contribution in [0.4, 0.5) is 5.69 Å². The van der Waals surface area contributed by atoms with Crippen LogP contribution in [0, 0.1) is 0 Å². The number of likely N-dealkylation sites (tertiary alicyclic amines) is 1. The minimum atomic E-state index is -0.0510. The number of hydrogen-bond acceptors (Lipinski definition) is 5. The van der Waals surface area contributed by atoms with Crippen LogP contribution in [0.25, 0.3) is 0 Å². The van der Waals surface area contributed by atoms with E-state index in [9.17, 15) is 4.79 Å². The predicted octanol–water partition coefficient (Wildman–Crippen LogP) is 2.99. The molecular weight excluding hydrogens is 400 g/mol. The number of pyridine rings is 1. The molecule has 3 aliphatic rings. The van der Waals surface area contributed by atoms with Crippen LogP contribution >= 0.6 is 0 Å². The van der Waals surface area contributed by atoms with E-state index < -0.39 is 0 Å². The Hall–Kier alpha value is -2.44. The summed E-state index contributed by atoms with van der Waals surface area (Å²) in [7, 11) is 0. The Kier molecular flexibility index (Phi) is 6.42. The summed E-state index contributed by atoms with van der Waals surface area (Å²) in [4.78, 5) is 24.1. The number of carbonyl (C=O) groups excluding carboxylic acids is 1. The van der Waals surface area contributed by atoms with Gasteiger partial charge in [-0.25, -0.2) is 0 Å². The second kappa shape index (κ2) is 9.59. The van der Waals surface area contributed by atoms with Crippen LogP contribution in [0.15, 0.2) is 54.9 Å². The predicted molar refractivity (Wildman–Crippen MR) is 126 cm³/mol. The minimum Gasteiger partial charge on any atom is -0.375 e. The Balaban J connectivity index is 1.12. The van der Waals surface area contributed by atoms with Crippen LogP contribution < -0.4 is 4.90 Å². The fourth-order valence-electron chi connectivity index (χ4n) is 5.60. The molecule has 1 aromatic heterocycles. The number of para-hydroxylation sites is 1. The van der Waals surface area contributed by atoms with Gasteiger partial charge in [-0.1, -0.05) is 24.3 Å². The molecule has 1 spiro atoms. The molecule has 0 N–H and O–H groups in total. The first-order valence-corrected chi connectivity index (χ1v) is 12.1. The lowest BCUT2D eigenvalue weighted by molar-refractivity contribution is -0.148. The van der Waals surface area contributed by atoms with Crippen molar-refractivity contribution in [3.63, 3.8) is 0 Å². The van der Waals surface area contributed by atoms with Gasteiger partial charge in [0.15, 0.2) is 0 Å². The number of hydrogen-bond donors (Lipinski definition) is 0. The molecule has 2 aromatic rings. The quantitative estimate of drug-likeness (QED) is 0.741. The lowest BCUT2D eigenvalue weighted by Crippen LogP contribution is -2.57. The van der Waals surface area contributed by atoms with Gasteiger partial charge in [0.05, 0.1) is 12.0 Å². The van der Waals surface area contributed by atoms with Crippen LogP contribution in [-0.4, -0.2) is 78.2 Å².